The van der Waals surface area contributed by atoms with Crippen molar-refractivity contribution < 1.29 is 9.59 Å². The lowest BCUT2D eigenvalue weighted by molar-refractivity contribution is 0.0641. The number of benzene rings is 2. The van der Waals surface area contributed by atoms with Crippen LogP contribution >= 0.6 is 0 Å². The van der Waals surface area contributed by atoms with Gasteiger partial charge in [-0.3, -0.25) is 14.6 Å². The van der Waals surface area contributed by atoms with Crippen molar-refractivity contribution in [2.24, 2.45) is 5.92 Å². The van der Waals surface area contributed by atoms with Crippen LogP contribution in [0.15, 0.2) is 54.6 Å². The van der Waals surface area contributed by atoms with Crippen LogP contribution in [-0.4, -0.2) is 40.5 Å². The summed E-state index contributed by atoms with van der Waals surface area (Å²) in [6.07, 6.45) is 2.14. The summed E-state index contributed by atoms with van der Waals surface area (Å²) in [6, 6.07) is 17.4. The van der Waals surface area contributed by atoms with E-state index in [-0.39, 0.29) is 11.8 Å². The van der Waals surface area contributed by atoms with Gasteiger partial charge < -0.3 is 15.5 Å². The van der Waals surface area contributed by atoms with Gasteiger partial charge in [-0.15, -0.1) is 0 Å². The zero-order valence-corrected chi connectivity index (χ0v) is 18.5. The summed E-state index contributed by atoms with van der Waals surface area (Å²) in [4.78, 5) is 32.9. The van der Waals surface area contributed by atoms with E-state index in [9.17, 15) is 9.59 Å². The van der Waals surface area contributed by atoms with Gasteiger partial charge in [0.15, 0.2) is 0 Å². The maximum absolute atomic E-state index is 13.6. The zero-order chi connectivity index (χ0) is 22.3. The number of para-hydroxylation sites is 2. The van der Waals surface area contributed by atoms with Crippen molar-refractivity contribution in [1.82, 2.24) is 15.2 Å². The van der Waals surface area contributed by atoms with Crippen molar-refractivity contribution in [2.75, 3.05) is 18.4 Å². The molecule has 3 aromatic rings. The second-order valence-corrected chi connectivity index (χ2v) is 9.28. The summed E-state index contributed by atoms with van der Waals surface area (Å²) >= 11 is 0. The normalized spacial score (nSPS) is 17.2. The highest BCUT2D eigenvalue weighted by molar-refractivity contribution is 6.06. The highest BCUT2D eigenvalue weighted by atomic mass is 16.2. The monoisotopic (exact) mass is 428 g/mol. The van der Waals surface area contributed by atoms with E-state index in [2.05, 4.69) is 24.5 Å². The van der Waals surface area contributed by atoms with Crippen molar-refractivity contribution in [3.8, 4) is 0 Å². The molecule has 2 aliphatic rings. The molecule has 2 aromatic carbocycles. The first-order valence-electron chi connectivity index (χ1n) is 11.3. The van der Waals surface area contributed by atoms with Gasteiger partial charge in [-0.05, 0) is 36.6 Å². The number of carbonyl (C=O) groups is 2. The van der Waals surface area contributed by atoms with Gasteiger partial charge in [-0.1, -0.05) is 44.2 Å². The first kappa shape index (κ1) is 20.5. The number of carbonyl (C=O) groups excluding carboxylic acids is 2. The number of nitrogens with one attached hydrogen (secondary N) is 2. The number of likely N-dealkylation sites (tertiary alicyclic amines) is 1. The van der Waals surface area contributed by atoms with Crippen LogP contribution in [0.1, 0.15) is 53.1 Å². The molecule has 2 N–H and O–H groups in total. The van der Waals surface area contributed by atoms with E-state index < -0.39 is 5.66 Å². The van der Waals surface area contributed by atoms with Crippen LogP contribution in [0.5, 0.6) is 0 Å². The van der Waals surface area contributed by atoms with Crippen molar-refractivity contribution in [2.45, 2.75) is 38.8 Å². The summed E-state index contributed by atoms with van der Waals surface area (Å²) in [5.41, 5.74) is 3.54. The van der Waals surface area contributed by atoms with Crippen LogP contribution in [0.4, 0.5) is 5.69 Å². The average molecular weight is 429 g/mol. The van der Waals surface area contributed by atoms with Gasteiger partial charge in [0.2, 0.25) is 0 Å². The minimum atomic E-state index is -0.509. The summed E-state index contributed by atoms with van der Waals surface area (Å²) < 4.78 is 0. The molecule has 1 spiro atoms. The topological polar surface area (TPSA) is 74.3 Å². The van der Waals surface area contributed by atoms with Gasteiger partial charge >= 0.3 is 0 Å². The minimum absolute atomic E-state index is 0.0333. The minimum Gasteiger partial charge on any atom is -0.362 e. The van der Waals surface area contributed by atoms with Crippen LogP contribution in [0, 0.1) is 5.92 Å². The summed E-state index contributed by atoms with van der Waals surface area (Å²) in [7, 11) is 0. The molecular formula is C26H28N4O2. The predicted molar refractivity (Wildman–Crippen MR) is 126 cm³/mol. The molecule has 0 aliphatic carbocycles. The Morgan fingerprint density at radius 2 is 1.78 bits per heavy atom. The van der Waals surface area contributed by atoms with E-state index in [0.29, 0.717) is 43.0 Å². The van der Waals surface area contributed by atoms with Crippen LogP contribution in [0.2, 0.25) is 0 Å². The molecule has 32 heavy (non-hydrogen) atoms. The molecule has 3 heterocycles. The molecule has 0 atom stereocenters. The molecule has 164 valence electrons. The Balaban J connectivity index is 1.38. The number of fused-ring (bicyclic) bond motifs is 2. The maximum atomic E-state index is 13.6. The molecular weight excluding hydrogens is 400 g/mol. The van der Waals surface area contributed by atoms with Gasteiger partial charge in [0, 0.05) is 42.7 Å². The Labute approximate surface area is 188 Å². The van der Waals surface area contributed by atoms with E-state index in [0.717, 1.165) is 28.7 Å². The van der Waals surface area contributed by atoms with E-state index >= 15 is 0 Å². The predicted octanol–water partition coefficient (Wildman–Crippen LogP) is 4.22. The van der Waals surface area contributed by atoms with Crippen LogP contribution < -0.4 is 10.6 Å². The number of pyridine rings is 1. The molecule has 2 amide bonds. The fraction of sp³-hybridized carbons (Fsp3) is 0.346. The van der Waals surface area contributed by atoms with Gasteiger partial charge in [0.05, 0.1) is 16.6 Å². The van der Waals surface area contributed by atoms with Gasteiger partial charge in [0.1, 0.15) is 5.66 Å². The number of hydrogen-bond acceptors (Lipinski definition) is 4. The Bertz CT molecular complexity index is 1200. The van der Waals surface area contributed by atoms with Crippen LogP contribution in [0.25, 0.3) is 10.9 Å². The van der Waals surface area contributed by atoms with E-state index in [1.807, 2.05) is 59.5 Å². The third-order valence-corrected chi connectivity index (χ3v) is 6.42. The summed E-state index contributed by atoms with van der Waals surface area (Å²) in [6.45, 7) is 5.47. The SMILES string of the molecule is CC(C)Cc1cc(C(=O)N2CCC3(CC2)NC(=O)c2ccccc2N3)c2ccccc2n1. The second kappa shape index (κ2) is 7.93. The molecule has 0 radical (unpaired) electrons. The van der Waals surface area contributed by atoms with Gasteiger partial charge in [0.25, 0.3) is 11.8 Å². The number of aromatic nitrogens is 1. The van der Waals surface area contributed by atoms with Crippen LogP contribution in [-0.2, 0) is 6.42 Å². The molecule has 6 nitrogen and oxygen atoms in total. The van der Waals surface area contributed by atoms with Crippen molar-refractivity contribution in [3.63, 3.8) is 0 Å². The fourth-order valence-electron chi connectivity index (χ4n) is 4.81. The first-order valence-corrected chi connectivity index (χ1v) is 11.3. The molecule has 0 unspecified atom stereocenters. The Kier molecular flexibility index (Phi) is 5.08. The number of amides is 2. The molecule has 0 saturated carbocycles. The largest absolute Gasteiger partial charge is 0.362 e. The second-order valence-electron chi connectivity index (χ2n) is 9.28. The molecule has 6 heteroatoms. The molecule has 1 saturated heterocycles. The average Bonchev–Trinajstić information content (AvgIpc) is 2.78. The number of hydrogen-bond donors (Lipinski definition) is 2. The van der Waals surface area contributed by atoms with E-state index in [1.165, 1.54) is 0 Å². The lowest BCUT2D eigenvalue weighted by Crippen LogP contribution is -2.62. The van der Waals surface area contributed by atoms with Crippen molar-refractivity contribution in [3.05, 3.63) is 71.4 Å². The smallest absolute Gasteiger partial charge is 0.255 e. The van der Waals surface area contributed by atoms with Crippen molar-refractivity contribution >= 4 is 28.4 Å². The third kappa shape index (κ3) is 3.70. The lowest BCUT2D eigenvalue weighted by Gasteiger charge is -2.46. The first-order chi connectivity index (χ1) is 15.4. The van der Waals surface area contributed by atoms with Gasteiger partial charge in [-0.2, -0.15) is 0 Å². The Hall–Kier alpha value is -3.41. The molecule has 2 aliphatic heterocycles. The standard InChI is InChI=1S/C26H28N4O2/c1-17(2)15-18-16-21(19-7-3-5-9-22(19)27-18)25(32)30-13-11-26(12-14-30)28-23-10-6-4-8-20(23)24(31)29-26/h3-10,16-17,28H,11-15H2,1-2H3,(H,29,31). The number of piperidine rings is 1. The number of rotatable bonds is 3. The number of nitrogens with zero attached hydrogens (tertiary/aromatic N) is 2. The molecule has 0 bridgehead atoms. The zero-order valence-electron chi connectivity index (χ0n) is 18.5. The molecule has 1 aromatic heterocycles. The quantitative estimate of drug-likeness (QED) is 0.655. The third-order valence-electron chi connectivity index (χ3n) is 6.42. The van der Waals surface area contributed by atoms with E-state index in [1.54, 1.807) is 0 Å². The number of anilines is 1. The summed E-state index contributed by atoms with van der Waals surface area (Å²) in [5, 5.41) is 7.56. The maximum Gasteiger partial charge on any atom is 0.255 e. The van der Waals surface area contributed by atoms with Crippen molar-refractivity contribution in [1.29, 1.82) is 0 Å². The lowest BCUT2D eigenvalue weighted by atomic mass is 9.91. The fourth-order valence-corrected chi connectivity index (χ4v) is 4.81. The Morgan fingerprint density at radius 3 is 2.56 bits per heavy atom. The van der Waals surface area contributed by atoms with Gasteiger partial charge in [-0.25, -0.2) is 0 Å². The Morgan fingerprint density at radius 1 is 1.06 bits per heavy atom. The summed E-state index contributed by atoms with van der Waals surface area (Å²) in [5.74, 6) is 0.439. The highest BCUT2D eigenvalue weighted by Crippen LogP contribution is 2.32. The van der Waals surface area contributed by atoms with Crippen LogP contribution in [0.3, 0.4) is 0 Å². The highest BCUT2D eigenvalue weighted by Gasteiger charge is 2.41. The molecule has 5 rings (SSSR count). The molecule has 1 fully saturated rings. The van der Waals surface area contributed by atoms with E-state index in [4.69, 9.17) is 4.98 Å².